The van der Waals surface area contributed by atoms with Gasteiger partial charge in [-0.3, -0.25) is 4.98 Å². The van der Waals surface area contributed by atoms with E-state index < -0.39 is 0 Å². The number of nitrogens with one attached hydrogen (secondary N) is 1. The van der Waals surface area contributed by atoms with E-state index in [1.165, 1.54) is 0 Å². The van der Waals surface area contributed by atoms with Crippen molar-refractivity contribution in [2.75, 3.05) is 44.7 Å². The minimum absolute atomic E-state index is 0.0104. The monoisotopic (exact) mass is 477 g/mol. The number of pyridine rings is 1. The normalized spacial score (nSPS) is 15.4. The van der Waals surface area contributed by atoms with Gasteiger partial charge in [0.05, 0.1) is 57.6 Å². The number of aliphatic hydroxyl groups is 1. The van der Waals surface area contributed by atoms with Gasteiger partial charge in [-0.2, -0.15) is 4.98 Å². The van der Waals surface area contributed by atoms with Crippen molar-refractivity contribution in [2.24, 2.45) is 0 Å². The van der Waals surface area contributed by atoms with Gasteiger partial charge in [0.2, 0.25) is 11.7 Å². The highest BCUT2D eigenvalue weighted by Gasteiger charge is 2.27. The molecule has 0 spiro atoms. The second kappa shape index (κ2) is 9.63. The third-order valence-electron chi connectivity index (χ3n) is 6.11. The topological polar surface area (TPSA) is 120 Å². The molecule has 35 heavy (non-hydrogen) atoms. The molecule has 3 aromatic heterocycles. The zero-order valence-corrected chi connectivity index (χ0v) is 19.8. The van der Waals surface area contributed by atoms with E-state index in [1.807, 2.05) is 33.9 Å². The van der Waals surface area contributed by atoms with Crippen LogP contribution in [-0.2, 0) is 0 Å². The van der Waals surface area contributed by atoms with E-state index in [-0.39, 0.29) is 12.6 Å². The van der Waals surface area contributed by atoms with Gasteiger partial charge >= 0.3 is 0 Å². The van der Waals surface area contributed by atoms with Crippen LogP contribution >= 0.6 is 0 Å². The standard InChI is InChI=1S/C24H27N7O4/c1-33-19-9-16(10-20(34-2)22(19)35-3)30-12-21(26-14-30)28-23-17-6-7-25-11-18(17)27-24(29-23)31-8-4-5-15(31)13-32/h6-7,9-12,14-15,32H,4-5,8,13H2,1-3H3,(H,27,28,29). The second-order valence-corrected chi connectivity index (χ2v) is 8.11. The molecule has 0 saturated carbocycles. The molecule has 2 N–H and O–H groups in total. The molecule has 11 heteroatoms. The van der Waals surface area contributed by atoms with Crippen LogP contribution in [0.25, 0.3) is 16.6 Å². The summed E-state index contributed by atoms with van der Waals surface area (Å²) in [6, 6.07) is 5.57. The van der Waals surface area contributed by atoms with Crippen LogP contribution in [0.3, 0.4) is 0 Å². The molecule has 0 amide bonds. The van der Waals surface area contributed by atoms with Crippen LogP contribution in [0.4, 0.5) is 17.6 Å². The fourth-order valence-corrected chi connectivity index (χ4v) is 4.35. The van der Waals surface area contributed by atoms with Crippen LogP contribution in [0.1, 0.15) is 12.8 Å². The molecule has 1 saturated heterocycles. The molecule has 0 radical (unpaired) electrons. The van der Waals surface area contributed by atoms with Gasteiger partial charge < -0.3 is 34.1 Å². The zero-order chi connectivity index (χ0) is 24.4. The summed E-state index contributed by atoms with van der Waals surface area (Å²) in [5.74, 6) is 3.40. The van der Waals surface area contributed by atoms with Gasteiger partial charge in [-0.25, -0.2) is 9.97 Å². The molecule has 0 aliphatic carbocycles. The smallest absolute Gasteiger partial charge is 0.228 e. The number of nitrogens with zero attached hydrogens (tertiary/aromatic N) is 6. The van der Waals surface area contributed by atoms with Crippen LogP contribution in [0.5, 0.6) is 17.2 Å². The van der Waals surface area contributed by atoms with Crippen molar-refractivity contribution in [1.29, 1.82) is 0 Å². The first-order chi connectivity index (χ1) is 17.1. The number of methoxy groups -OCH3 is 3. The summed E-state index contributed by atoms with van der Waals surface area (Å²) in [6.07, 6.45) is 8.86. The average molecular weight is 478 g/mol. The van der Waals surface area contributed by atoms with E-state index >= 15 is 0 Å². The van der Waals surface area contributed by atoms with Crippen LogP contribution in [0.15, 0.2) is 43.1 Å². The number of aliphatic hydroxyl groups excluding tert-OH is 1. The molecule has 4 heterocycles. The number of imidazole rings is 1. The number of hydrogen-bond donors (Lipinski definition) is 2. The van der Waals surface area contributed by atoms with E-state index in [0.717, 1.165) is 30.5 Å². The predicted molar refractivity (Wildman–Crippen MR) is 131 cm³/mol. The molecule has 182 valence electrons. The minimum Gasteiger partial charge on any atom is -0.493 e. The first-order valence-corrected chi connectivity index (χ1v) is 11.3. The van der Waals surface area contributed by atoms with E-state index in [4.69, 9.17) is 24.2 Å². The van der Waals surface area contributed by atoms with E-state index in [2.05, 4.69) is 15.3 Å². The summed E-state index contributed by atoms with van der Waals surface area (Å²) < 4.78 is 18.2. The third-order valence-corrected chi connectivity index (χ3v) is 6.11. The van der Waals surface area contributed by atoms with Crippen molar-refractivity contribution in [3.8, 4) is 22.9 Å². The highest BCUT2D eigenvalue weighted by atomic mass is 16.5. The third kappa shape index (κ3) is 4.26. The molecule has 1 atom stereocenters. The van der Waals surface area contributed by atoms with E-state index in [9.17, 15) is 5.11 Å². The SMILES string of the molecule is COc1cc(-n2cnc(Nc3nc(N4CCCC4CO)nc4cnccc34)c2)cc(OC)c1OC. The molecular formula is C24H27N7O4. The molecular weight excluding hydrogens is 450 g/mol. The lowest BCUT2D eigenvalue weighted by Crippen LogP contribution is -2.33. The number of ether oxygens (including phenoxy) is 3. The highest BCUT2D eigenvalue weighted by Crippen LogP contribution is 2.39. The Hall–Kier alpha value is -4.12. The van der Waals surface area contributed by atoms with Crippen LogP contribution in [0.2, 0.25) is 0 Å². The van der Waals surface area contributed by atoms with Crippen molar-refractivity contribution >= 4 is 28.5 Å². The summed E-state index contributed by atoms with van der Waals surface area (Å²) in [4.78, 5) is 20.3. The predicted octanol–water partition coefficient (Wildman–Crippen LogP) is 2.94. The number of benzene rings is 1. The number of fused-ring (bicyclic) bond motifs is 1. The second-order valence-electron chi connectivity index (χ2n) is 8.11. The highest BCUT2D eigenvalue weighted by molar-refractivity contribution is 5.90. The Kier molecular flexibility index (Phi) is 6.23. The van der Waals surface area contributed by atoms with Crippen LogP contribution < -0.4 is 24.4 Å². The van der Waals surface area contributed by atoms with Gasteiger partial charge in [-0.05, 0) is 18.9 Å². The molecule has 5 rings (SSSR count). The Bertz CT molecular complexity index is 1320. The van der Waals surface area contributed by atoms with Crippen molar-refractivity contribution < 1.29 is 19.3 Å². The summed E-state index contributed by atoms with van der Waals surface area (Å²) in [6.45, 7) is 0.864. The Balaban J connectivity index is 1.50. The van der Waals surface area contributed by atoms with Crippen molar-refractivity contribution in [3.05, 3.63) is 43.1 Å². The molecule has 1 fully saturated rings. The number of anilines is 3. The molecule has 1 aliphatic rings. The van der Waals surface area contributed by atoms with E-state index in [1.54, 1.807) is 40.1 Å². The largest absolute Gasteiger partial charge is 0.493 e. The number of hydrogen-bond acceptors (Lipinski definition) is 10. The summed E-state index contributed by atoms with van der Waals surface area (Å²) in [5.41, 5.74) is 1.51. The van der Waals surface area contributed by atoms with Gasteiger partial charge in [0.15, 0.2) is 11.5 Å². The quantitative estimate of drug-likeness (QED) is 0.392. The lowest BCUT2D eigenvalue weighted by molar-refractivity contribution is 0.265. The van der Waals surface area contributed by atoms with Gasteiger partial charge in [-0.15, -0.1) is 0 Å². The van der Waals surface area contributed by atoms with Crippen molar-refractivity contribution in [2.45, 2.75) is 18.9 Å². The number of rotatable bonds is 8. The molecule has 1 aliphatic heterocycles. The maximum absolute atomic E-state index is 9.77. The molecule has 1 unspecified atom stereocenters. The van der Waals surface area contributed by atoms with Crippen molar-refractivity contribution in [3.63, 3.8) is 0 Å². The first kappa shape index (κ1) is 22.7. The maximum atomic E-state index is 9.77. The fourth-order valence-electron chi connectivity index (χ4n) is 4.35. The Morgan fingerprint density at radius 2 is 1.91 bits per heavy atom. The molecule has 1 aromatic carbocycles. The number of aromatic nitrogens is 5. The van der Waals surface area contributed by atoms with Gasteiger partial charge in [0.25, 0.3) is 0 Å². The molecule has 4 aromatic rings. The van der Waals surface area contributed by atoms with Crippen molar-refractivity contribution in [1.82, 2.24) is 24.5 Å². The van der Waals surface area contributed by atoms with Gasteiger partial charge in [0, 0.05) is 30.3 Å². The van der Waals surface area contributed by atoms with Crippen LogP contribution in [-0.4, -0.2) is 70.1 Å². The Labute approximate surface area is 202 Å². The summed E-state index contributed by atoms with van der Waals surface area (Å²) >= 11 is 0. The Morgan fingerprint density at radius 1 is 1.11 bits per heavy atom. The fraction of sp³-hybridized carbons (Fsp3) is 0.333. The van der Waals surface area contributed by atoms with E-state index in [0.29, 0.717) is 40.3 Å². The van der Waals surface area contributed by atoms with Gasteiger partial charge in [-0.1, -0.05) is 0 Å². The lowest BCUT2D eigenvalue weighted by Gasteiger charge is -2.23. The average Bonchev–Trinajstić information content (AvgIpc) is 3.57. The zero-order valence-electron chi connectivity index (χ0n) is 19.8. The Morgan fingerprint density at radius 3 is 2.63 bits per heavy atom. The lowest BCUT2D eigenvalue weighted by atomic mass is 10.2. The summed E-state index contributed by atoms with van der Waals surface area (Å²) in [5, 5.41) is 13.9. The maximum Gasteiger partial charge on any atom is 0.228 e. The summed E-state index contributed by atoms with van der Waals surface area (Å²) in [7, 11) is 4.73. The first-order valence-electron chi connectivity index (χ1n) is 11.3. The van der Waals surface area contributed by atoms with Crippen LogP contribution in [0, 0.1) is 0 Å². The minimum atomic E-state index is 0.0104. The van der Waals surface area contributed by atoms with Gasteiger partial charge in [0.1, 0.15) is 18.0 Å². The molecule has 11 nitrogen and oxygen atoms in total. The molecule has 0 bridgehead atoms.